The van der Waals surface area contributed by atoms with Gasteiger partial charge in [-0.2, -0.15) is 0 Å². The monoisotopic (exact) mass is 264 g/mol. The van der Waals surface area contributed by atoms with Crippen molar-refractivity contribution < 1.29 is 4.39 Å². The van der Waals surface area contributed by atoms with Crippen LogP contribution >= 0.6 is 11.6 Å². The summed E-state index contributed by atoms with van der Waals surface area (Å²) in [7, 11) is 0. The molecule has 1 aromatic heterocycles. The smallest absolute Gasteiger partial charge is 0.126 e. The Hall–Kier alpha value is -1.45. The summed E-state index contributed by atoms with van der Waals surface area (Å²) in [5, 5.41) is 0.511. The normalized spacial score (nSPS) is 12.4. The molecule has 18 heavy (non-hydrogen) atoms. The summed E-state index contributed by atoms with van der Waals surface area (Å²) in [5.41, 5.74) is 8.38. The van der Waals surface area contributed by atoms with Gasteiger partial charge in [0.1, 0.15) is 5.82 Å². The number of aryl methyl sites for hydroxylation is 1. The SMILES string of the molecule is Cc1cccnc1C(N)Cc1cc(Cl)ccc1F. The highest BCUT2D eigenvalue weighted by Crippen LogP contribution is 2.21. The van der Waals surface area contributed by atoms with Gasteiger partial charge in [0.15, 0.2) is 0 Å². The molecule has 0 aliphatic rings. The molecule has 1 atom stereocenters. The van der Waals surface area contributed by atoms with Crippen LogP contribution in [0.3, 0.4) is 0 Å². The van der Waals surface area contributed by atoms with E-state index in [1.54, 1.807) is 12.3 Å². The zero-order valence-electron chi connectivity index (χ0n) is 10.0. The van der Waals surface area contributed by atoms with E-state index in [4.69, 9.17) is 17.3 Å². The largest absolute Gasteiger partial charge is 0.322 e. The third-order valence-corrected chi connectivity index (χ3v) is 3.08. The molecule has 2 N–H and O–H groups in total. The first-order valence-electron chi connectivity index (χ1n) is 5.69. The number of halogens is 2. The van der Waals surface area contributed by atoms with E-state index in [0.717, 1.165) is 11.3 Å². The fourth-order valence-electron chi connectivity index (χ4n) is 1.92. The van der Waals surface area contributed by atoms with Crippen LogP contribution in [0.5, 0.6) is 0 Å². The van der Waals surface area contributed by atoms with Gasteiger partial charge in [0, 0.05) is 11.2 Å². The third-order valence-electron chi connectivity index (χ3n) is 2.85. The molecule has 0 saturated carbocycles. The number of pyridine rings is 1. The maximum absolute atomic E-state index is 13.6. The van der Waals surface area contributed by atoms with Crippen molar-refractivity contribution in [1.82, 2.24) is 4.98 Å². The molecule has 2 nitrogen and oxygen atoms in total. The van der Waals surface area contributed by atoms with Crippen LogP contribution in [0.4, 0.5) is 4.39 Å². The van der Waals surface area contributed by atoms with Crippen molar-refractivity contribution in [3.63, 3.8) is 0 Å². The van der Waals surface area contributed by atoms with Gasteiger partial charge in [0.2, 0.25) is 0 Å². The van der Waals surface area contributed by atoms with E-state index < -0.39 is 0 Å². The van der Waals surface area contributed by atoms with Crippen LogP contribution in [-0.4, -0.2) is 4.98 Å². The lowest BCUT2D eigenvalue weighted by molar-refractivity contribution is 0.589. The van der Waals surface area contributed by atoms with E-state index in [9.17, 15) is 4.39 Å². The number of hydrogen-bond donors (Lipinski definition) is 1. The summed E-state index contributed by atoms with van der Waals surface area (Å²) < 4.78 is 13.6. The van der Waals surface area contributed by atoms with E-state index in [1.165, 1.54) is 12.1 Å². The van der Waals surface area contributed by atoms with Gasteiger partial charge in [0.25, 0.3) is 0 Å². The van der Waals surface area contributed by atoms with Crippen LogP contribution in [0.2, 0.25) is 5.02 Å². The van der Waals surface area contributed by atoms with Gasteiger partial charge < -0.3 is 5.73 Å². The number of nitrogens with two attached hydrogens (primary N) is 1. The average molecular weight is 265 g/mol. The maximum Gasteiger partial charge on any atom is 0.126 e. The number of benzene rings is 1. The predicted octanol–water partition coefficient (Wildman–Crippen LogP) is 3.43. The first-order valence-corrected chi connectivity index (χ1v) is 6.06. The minimum atomic E-state index is -0.334. The lowest BCUT2D eigenvalue weighted by Gasteiger charge is -2.14. The summed E-state index contributed by atoms with van der Waals surface area (Å²) in [5.74, 6) is -0.288. The second kappa shape index (κ2) is 5.46. The molecule has 1 aromatic carbocycles. The van der Waals surface area contributed by atoms with Crippen molar-refractivity contribution in [3.8, 4) is 0 Å². The quantitative estimate of drug-likeness (QED) is 0.923. The van der Waals surface area contributed by atoms with Crippen molar-refractivity contribution in [2.75, 3.05) is 0 Å². The summed E-state index contributed by atoms with van der Waals surface area (Å²) in [6.07, 6.45) is 2.07. The second-order valence-electron chi connectivity index (χ2n) is 4.25. The molecule has 94 valence electrons. The summed E-state index contributed by atoms with van der Waals surface area (Å²) in [4.78, 5) is 4.25. The Kier molecular flexibility index (Phi) is 3.94. The molecule has 2 aromatic rings. The van der Waals surface area contributed by atoms with Crippen LogP contribution in [0.15, 0.2) is 36.5 Å². The van der Waals surface area contributed by atoms with E-state index in [1.807, 2.05) is 19.1 Å². The van der Waals surface area contributed by atoms with E-state index in [2.05, 4.69) is 4.98 Å². The molecule has 0 aliphatic carbocycles. The fourth-order valence-corrected chi connectivity index (χ4v) is 2.11. The molecule has 0 spiro atoms. The maximum atomic E-state index is 13.6. The van der Waals surface area contributed by atoms with Crippen molar-refractivity contribution >= 4 is 11.6 Å². The Morgan fingerprint density at radius 3 is 2.89 bits per heavy atom. The topological polar surface area (TPSA) is 38.9 Å². The van der Waals surface area contributed by atoms with Gasteiger partial charge in [-0.15, -0.1) is 0 Å². The van der Waals surface area contributed by atoms with Crippen molar-refractivity contribution in [1.29, 1.82) is 0 Å². The zero-order chi connectivity index (χ0) is 13.1. The highest BCUT2D eigenvalue weighted by molar-refractivity contribution is 6.30. The van der Waals surface area contributed by atoms with Crippen molar-refractivity contribution in [2.45, 2.75) is 19.4 Å². The van der Waals surface area contributed by atoms with E-state index in [-0.39, 0.29) is 11.9 Å². The number of hydrogen-bond acceptors (Lipinski definition) is 2. The van der Waals surface area contributed by atoms with E-state index >= 15 is 0 Å². The van der Waals surface area contributed by atoms with Crippen molar-refractivity contribution in [3.05, 3.63) is 64.2 Å². The van der Waals surface area contributed by atoms with Crippen LogP contribution < -0.4 is 5.73 Å². The molecule has 1 unspecified atom stereocenters. The van der Waals surface area contributed by atoms with Gasteiger partial charge in [-0.25, -0.2) is 4.39 Å². The lowest BCUT2D eigenvalue weighted by atomic mass is 10.0. The highest BCUT2D eigenvalue weighted by atomic mass is 35.5. The first kappa shape index (κ1) is 13.0. The lowest BCUT2D eigenvalue weighted by Crippen LogP contribution is -2.17. The van der Waals surface area contributed by atoms with Gasteiger partial charge in [-0.3, -0.25) is 4.98 Å². The van der Waals surface area contributed by atoms with Gasteiger partial charge in [-0.05, 0) is 48.7 Å². The minimum absolute atomic E-state index is 0.288. The number of aromatic nitrogens is 1. The molecular weight excluding hydrogens is 251 g/mol. The van der Waals surface area contributed by atoms with Crippen molar-refractivity contribution in [2.24, 2.45) is 5.73 Å². The summed E-state index contributed by atoms with van der Waals surface area (Å²) in [6.45, 7) is 1.94. The Labute approximate surface area is 111 Å². The molecule has 0 aliphatic heterocycles. The first-order chi connectivity index (χ1) is 8.58. The molecule has 0 saturated heterocycles. The van der Waals surface area contributed by atoms with Gasteiger partial charge in [0.05, 0.1) is 11.7 Å². The Morgan fingerprint density at radius 2 is 2.17 bits per heavy atom. The Bertz CT molecular complexity index is 557. The molecular formula is C14H14ClFN2. The van der Waals surface area contributed by atoms with Gasteiger partial charge in [-0.1, -0.05) is 17.7 Å². The fraction of sp³-hybridized carbons (Fsp3) is 0.214. The summed E-state index contributed by atoms with van der Waals surface area (Å²) in [6, 6.07) is 7.95. The van der Waals surface area contributed by atoms with Crippen LogP contribution in [0.1, 0.15) is 22.9 Å². The van der Waals surface area contributed by atoms with Crippen LogP contribution in [0.25, 0.3) is 0 Å². The predicted molar refractivity (Wildman–Crippen MR) is 71.0 cm³/mol. The highest BCUT2D eigenvalue weighted by Gasteiger charge is 2.13. The minimum Gasteiger partial charge on any atom is -0.322 e. The van der Waals surface area contributed by atoms with Crippen LogP contribution in [0, 0.1) is 12.7 Å². The third kappa shape index (κ3) is 2.86. The van der Waals surface area contributed by atoms with Crippen LogP contribution in [-0.2, 0) is 6.42 Å². The molecule has 1 heterocycles. The zero-order valence-corrected chi connectivity index (χ0v) is 10.8. The standard InChI is InChI=1S/C14H14ClFN2/c1-9-3-2-6-18-14(9)13(17)8-10-7-11(15)4-5-12(10)16/h2-7,13H,8,17H2,1H3. The molecule has 4 heteroatoms. The van der Waals surface area contributed by atoms with E-state index in [0.29, 0.717) is 17.0 Å². The molecule has 0 fully saturated rings. The molecule has 2 rings (SSSR count). The average Bonchev–Trinajstić information content (AvgIpc) is 2.34. The molecule has 0 amide bonds. The number of rotatable bonds is 3. The Morgan fingerprint density at radius 1 is 1.39 bits per heavy atom. The van der Waals surface area contributed by atoms with Gasteiger partial charge >= 0.3 is 0 Å². The molecule has 0 bridgehead atoms. The number of nitrogens with zero attached hydrogens (tertiary/aromatic N) is 1. The summed E-state index contributed by atoms with van der Waals surface area (Å²) >= 11 is 5.85. The second-order valence-corrected chi connectivity index (χ2v) is 4.69. The molecule has 0 radical (unpaired) electrons. The Balaban J connectivity index is 2.24.